The maximum Gasteiger partial charge on any atom is 0.278 e. The quantitative estimate of drug-likeness (QED) is 0.583. The number of carbonyl (C=O) groups is 1. The summed E-state index contributed by atoms with van der Waals surface area (Å²) in [4.78, 5) is 48.2. The van der Waals surface area contributed by atoms with Gasteiger partial charge in [0.25, 0.3) is 11.1 Å². The van der Waals surface area contributed by atoms with Gasteiger partial charge in [-0.05, 0) is 0 Å². The Morgan fingerprint density at radius 2 is 1.77 bits per heavy atom. The third-order valence-corrected chi connectivity index (χ3v) is 3.08. The molecule has 22 heavy (non-hydrogen) atoms. The molecular weight excluding hydrogens is 286 g/mol. The van der Waals surface area contributed by atoms with Crippen molar-refractivity contribution in [2.45, 2.75) is 6.42 Å². The third kappa shape index (κ3) is 2.49. The van der Waals surface area contributed by atoms with Crippen LogP contribution in [-0.2, 0) is 6.42 Å². The van der Waals surface area contributed by atoms with Crippen molar-refractivity contribution in [2.24, 2.45) is 0 Å². The predicted octanol–water partition coefficient (Wildman–Crippen LogP) is 0.0140. The van der Waals surface area contributed by atoms with E-state index in [-0.39, 0.29) is 35.0 Å². The molecular formula is C14H11N5O3. The molecule has 0 unspecified atom stereocenters. The Hall–Kier alpha value is -3.29. The van der Waals surface area contributed by atoms with Crippen LogP contribution >= 0.6 is 0 Å². The van der Waals surface area contributed by atoms with Crippen LogP contribution < -0.4 is 16.9 Å². The van der Waals surface area contributed by atoms with E-state index >= 15 is 0 Å². The van der Waals surface area contributed by atoms with E-state index in [4.69, 9.17) is 5.73 Å². The van der Waals surface area contributed by atoms with Crippen molar-refractivity contribution >= 4 is 22.9 Å². The van der Waals surface area contributed by atoms with Crippen LogP contribution in [0.2, 0.25) is 0 Å². The van der Waals surface area contributed by atoms with Crippen LogP contribution in [0.25, 0.3) is 11.2 Å². The van der Waals surface area contributed by atoms with E-state index < -0.39 is 11.1 Å². The van der Waals surface area contributed by atoms with Crippen molar-refractivity contribution in [3.05, 3.63) is 62.3 Å². The summed E-state index contributed by atoms with van der Waals surface area (Å²) in [5, 5.41) is 0. The SMILES string of the molecule is Nc1nc2nc(CC(=O)c3ccccc3)c(=O)[nH]c2c(=O)[nH]1. The van der Waals surface area contributed by atoms with Crippen molar-refractivity contribution < 1.29 is 4.79 Å². The maximum atomic E-state index is 12.1. The normalized spacial score (nSPS) is 10.7. The number of nitrogens with zero attached hydrogens (tertiary/aromatic N) is 2. The van der Waals surface area contributed by atoms with Gasteiger partial charge < -0.3 is 10.7 Å². The monoisotopic (exact) mass is 297 g/mol. The number of benzene rings is 1. The lowest BCUT2D eigenvalue weighted by atomic mass is 10.1. The van der Waals surface area contributed by atoms with E-state index in [1.165, 1.54) is 0 Å². The van der Waals surface area contributed by atoms with Crippen LogP contribution in [0.15, 0.2) is 39.9 Å². The second kappa shape index (κ2) is 5.24. The van der Waals surface area contributed by atoms with Crippen LogP contribution in [0, 0.1) is 0 Å². The molecule has 0 atom stereocenters. The summed E-state index contributed by atoms with van der Waals surface area (Å²) in [5.41, 5.74) is 4.63. The summed E-state index contributed by atoms with van der Waals surface area (Å²) < 4.78 is 0. The van der Waals surface area contributed by atoms with Crippen LogP contribution in [-0.4, -0.2) is 25.7 Å². The van der Waals surface area contributed by atoms with Gasteiger partial charge in [-0.1, -0.05) is 30.3 Å². The molecule has 0 aliphatic carbocycles. The molecule has 0 aliphatic heterocycles. The number of Topliss-reactive ketones (excluding diaryl/α,β-unsaturated/α-hetero) is 1. The van der Waals surface area contributed by atoms with Gasteiger partial charge in [-0.15, -0.1) is 0 Å². The molecule has 110 valence electrons. The van der Waals surface area contributed by atoms with Crippen molar-refractivity contribution in [3.8, 4) is 0 Å². The Kier molecular flexibility index (Phi) is 3.26. The highest BCUT2D eigenvalue weighted by Gasteiger charge is 2.14. The van der Waals surface area contributed by atoms with Crippen LogP contribution in [0.4, 0.5) is 5.95 Å². The molecule has 0 radical (unpaired) electrons. The molecule has 1 aromatic carbocycles. The van der Waals surface area contributed by atoms with Crippen LogP contribution in [0.1, 0.15) is 16.1 Å². The number of rotatable bonds is 3. The first-order chi connectivity index (χ1) is 10.5. The van der Waals surface area contributed by atoms with E-state index in [2.05, 4.69) is 19.9 Å². The standard InChI is InChI=1S/C14H11N5O3/c15-14-18-11-10(13(22)19-14)17-12(21)8(16-11)6-9(20)7-4-2-1-3-5-7/h1-5H,6H2,(H,17,21)(H3,15,16,18,19,22). The summed E-state index contributed by atoms with van der Waals surface area (Å²) in [7, 11) is 0. The molecule has 2 aromatic heterocycles. The van der Waals surface area contributed by atoms with E-state index in [1.54, 1.807) is 30.3 Å². The summed E-state index contributed by atoms with van der Waals surface area (Å²) in [6, 6.07) is 8.55. The third-order valence-electron chi connectivity index (χ3n) is 3.08. The van der Waals surface area contributed by atoms with E-state index in [1.807, 2.05) is 0 Å². The fraction of sp³-hybridized carbons (Fsp3) is 0.0714. The van der Waals surface area contributed by atoms with Gasteiger partial charge in [0.15, 0.2) is 16.9 Å². The zero-order valence-electron chi connectivity index (χ0n) is 11.3. The van der Waals surface area contributed by atoms with Gasteiger partial charge in [0, 0.05) is 5.56 Å². The Morgan fingerprint density at radius 1 is 1.05 bits per heavy atom. The average Bonchev–Trinajstić information content (AvgIpc) is 2.50. The van der Waals surface area contributed by atoms with Crippen molar-refractivity contribution in [3.63, 3.8) is 0 Å². The number of hydrogen-bond acceptors (Lipinski definition) is 6. The predicted molar refractivity (Wildman–Crippen MR) is 79.7 cm³/mol. The highest BCUT2D eigenvalue weighted by atomic mass is 16.1. The molecule has 0 aliphatic rings. The van der Waals surface area contributed by atoms with Crippen molar-refractivity contribution in [2.75, 3.05) is 5.73 Å². The minimum Gasteiger partial charge on any atom is -0.369 e. The molecule has 8 heteroatoms. The summed E-state index contributed by atoms with van der Waals surface area (Å²) in [6.07, 6.45) is -0.191. The Morgan fingerprint density at radius 3 is 2.50 bits per heavy atom. The fourth-order valence-electron chi connectivity index (χ4n) is 2.03. The van der Waals surface area contributed by atoms with Gasteiger partial charge in [0.05, 0.1) is 6.42 Å². The number of hydrogen-bond donors (Lipinski definition) is 3. The molecule has 2 heterocycles. The van der Waals surface area contributed by atoms with Gasteiger partial charge >= 0.3 is 0 Å². The first kappa shape index (κ1) is 13.7. The smallest absolute Gasteiger partial charge is 0.278 e. The molecule has 3 aromatic rings. The second-order valence-corrected chi connectivity index (χ2v) is 4.63. The number of H-pyrrole nitrogens is 2. The number of anilines is 1. The lowest BCUT2D eigenvalue weighted by Crippen LogP contribution is -2.23. The second-order valence-electron chi connectivity index (χ2n) is 4.63. The first-order valence-corrected chi connectivity index (χ1v) is 6.41. The largest absolute Gasteiger partial charge is 0.369 e. The Balaban J connectivity index is 2.05. The number of nitrogens with one attached hydrogen (secondary N) is 2. The lowest BCUT2D eigenvalue weighted by molar-refractivity contribution is 0.0991. The number of aromatic amines is 2. The van der Waals surface area contributed by atoms with Gasteiger partial charge in [0.1, 0.15) is 5.69 Å². The number of nitrogens with two attached hydrogens (primary N) is 1. The average molecular weight is 297 g/mol. The van der Waals surface area contributed by atoms with E-state index in [0.29, 0.717) is 5.56 Å². The molecule has 0 saturated heterocycles. The molecule has 0 amide bonds. The molecule has 0 saturated carbocycles. The van der Waals surface area contributed by atoms with Gasteiger partial charge in [-0.3, -0.25) is 19.4 Å². The fourth-order valence-corrected chi connectivity index (χ4v) is 2.03. The Bertz CT molecular complexity index is 975. The lowest BCUT2D eigenvalue weighted by Gasteiger charge is -2.02. The van der Waals surface area contributed by atoms with Gasteiger partial charge in [-0.2, -0.15) is 4.98 Å². The topological polar surface area (TPSA) is 135 Å². The molecule has 8 nitrogen and oxygen atoms in total. The van der Waals surface area contributed by atoms with E-state index in [9.17, 15) is 14.4 Å². The molecule has 0 bridgehead atoms. The Labute approximate surface area is 123 Å². The number of aromatic nitrogens is 4. The zero-order chi connectivity index (χ0) is 15.7. The van der Waals surface area contributed by atoms with E-state index in [0.717, 1.165) is 0 Å². The van der Waals surface area contributed by atoms with Crippen LogP contribution in [0.5, 0.6) is 0 Å². The first-order valence-electron chi connectivity index (χ1n) is 6.41. The number of fused-ring (bicyclic) bond motifs is 1. The number of nitrogen functional groups attached to an aromatic ring is 1. The van der Waals surface area contributed by atoms with Gasteiger partial charge in [-0.25, -0.2) is 4.98 Å². The highest BCUT2D eigenvalue weighted by molar-refractivity contribution is 5.97. The molecule has 3 rings (SSSR count). The highest BCUT2D eigenvalue weighted by Crippen LogP contribution is 2.05. The zero-order valence-corrected chi connectivity index (χ0v) is 11.3. The minimum absolute atomic E-state index is 0.00304. The van der Waals surface area contributed by atoms with Crippen LogP contribution in [0.3, 0.4) is 0 Å². The van der Waals surface area contributed by atoms with Gasteiger partial charge in [0.2, 0.25) is 5.95 Å². The summed E-state index contributed by atoms with van der Waals surface area (Å²) >= 11 is 0. The van der Waals surface area contributed by atoms with Crippen molar-refractivity contribution in [1.29, 1.82) is 0 Å². The molecule has 0 spiro atoms. The minimum atomic E-state index is -0.603. The maximum absolute atomic E-state index is 12.1. The number of ketones is 1. The van der Waals surface area contributed by atoms with Crippen molar-refractivity contribution in [1.82, 2.24) is 19.9 Å². The summed E-state index contributed by atoms with van der Waals surface area (Å²) in [5.74, 6) is -0.367. The number of carbonyl (C=O) groups excluding carboxylic acids is 1. The summed E-state index contributed by atoms with van der Waals surface area (Å²) in [6.45, 7) is 0. The molecule has 4 N–H and O–H groups in total. The molecule has 0 fully saturated rings.